The molecule has 0 amide bonds. The molecule has 90 valence electrons. The van der Waals surface area contributed by atoms with Crippen LogP contribution >= 0.6 is 0 Å². The van der Waals surface area contributed by atoms with Gasteiger partial charge in [-0.15, -0.1) is 4.91 Å². The van der Waals surface area contributed by atoms with E-state index in [9.17, 15) is 9.30 Å². The summed E-state index contributed by atoms with van der Waals surface area (Å²) in [5.74, 6) is 5.44. The smallest absolute Gasteiger partial charge is 0.157 e. The molecule has 0 aromatic heterocycles. The van der Waals surface area contributed by atoms with Crippen molar-refractivity contribution in [3.8, 4) is 11.8 Å². The highest BCUT2D eigenvalue weighted by Gasteiger charge is 2.13. The molecule has 1 aromatic carbocycles. The number of rotatable bonds is 2. The summed E-state index contributed by atoms with van der Waals surface area (Å²) in [6, 6.07) is 4.69. The van der Waals surface area contributed by atoms with Crippen molar-refractivity contribution in [1.29, 1.82) is 0 Å². The minimum absolute atomic E-state index is 0.239. The molecule has 0 N–H and O–H groups in total. The molecule has 3 heteroatoms. The molecule has 0 saturated heterocycles. The third kappa shape index (κ3) is 3.99. The lowest BCUT2D eigenvalue weighted by atomic mass is 10.00. The van der Waals surface area contributed by atoms with Crippen LogP contribution in [0.3, 0.4) is 0 Å². The lowest BCUT2D eigenvalue weighted by Gasteiger charge is -2.07. The van der Waals surface area contributed by atoms with Gasteiger partial charge in [0.15, 0.2) is 5.54 Å². The SMILES string of the molecule is CC(C)c1cc(F)cc(C#CC(C)(C)N=O)c1. The first-order valence-corrected chi connectivity index (χ1v) is 5.52. The lowest BCUT2D eigenvalue weighted by Crippen LogP contribution is -2.11. The summed E-state index contributed by atoms with van der Waals surface area (Å²) in [5.41, 5.74) is 0.529. The molecule has 0 aliphatic rings. The van der Waals surface area contributed by atoms with Crippen LogP contribution in [-0.2, 0) is 0 Å². The highest BCUT2D eigenvalue weighted by atomic mass is 19.1. The van der Waals surface area contributed by atoms with Crippen LogP contribution in [0.15, 0.2) is 23.4 Å². The zero-order chi connectivity index (χ0) is 13.1. The van der Waals surface area contributed by atoms with Crippen LogP contribution in [0.4, 0.5) is 4.39 Å². The third-order valence-corrected chi connectivity index (χ3v) is 2.33. The van der Waals surface area contributed by atoms with Crippen molar-refractivity contribution in [2.45, 2.75) is 39.2 Å². The molecule has 0 aliphatic heterocycles. The fraction of sp³-hybridized carbons (Fsp3) is 0.429. The van der Waals surface area contributed by atoms with Crippen LogP contribution < -0.4 is 0 Å². The topological polar surface area (TPSA) is 29.4 Å². The molecule has 0 spiro atoms. The molecule has 0 aliphatic carbocycles. The fourth-order valence-corrected chi connectivity index (χ4v) is 1.27. The molecule has 0 saturated carbocycles. The van der Waals surface area contributed by atoms with Crippen molar-refractivity contribution < 1.29 is 4.39 Å². The third-order valence-electron chi connectivity index (χ3n) is 2.33. The van der Waals surface area contributed by atoms with Gasteiger partial charge < -0.3 is 0 Å². The van der Waals surface area contributed by atoms with Crippen molar-refractivity contribution >= 4 is 0 Å². The van der Waals surface area contributed by atoms with Gasteiger partial charge in [-0.25, -0.2) is 4.39 Å². The standard InChI is InChI=1S/C14H16FNO/c1-10(2)12-7-11(8-13(15)9-12)5-6-14(3,4)16-17/h7-10H,1-4H3. The van der Waals surface area contributed by atoms with E-state index in [0.717, 1.165) is 5.56 Å². The summed E-state index contributed by atoms with van der Waals surface area (Å²) in [6.07, 6.45) is 0. The van der Waals surface area contributed by atoms with Gasteiger partial charge in [0.25, 0.3) is 0 Å². The highest BCUT2D eigenvalue weighted by molar-refractivity contribution is 5.40. The largest absolute Gasteiger partial charge is 0.207 e. The molecule has 0 fully saturated rings. The second-order valence-electron chi connectivity index (χ2n) is 4.83. The van der Waals surface area contributed by atoms with Gasteiger partial charge in [-0.1, -0.05) is 30.9 Å². The molecule has 0 atom stereocenters. The van der Waals surface area contributed by atoms with E-state index in [0.29, 0.717) is 5.56 Å². The summed E-state index contributed by atoms with van der Waals surface area (Å²) in [5, 5.41) is 2.90. The Morgan fingerprint density at radius 3 is 2.47 bits per heavy atom. The van der Waals surface area contributed by atoms with E-state index in [1.54, 1.807) is 13.8 Å². The maximum absolute atomic E-state index is 13.3. The summed E-state index contributed by atoms with van der Waals surface area (Å²) < 4.78 is 13.3. The number of halogens is 1. The summed E-state index contributed by atoms with van der Waals surface area (Å²) in [4.78, 5) is 10.5. The molecule has 0 bridgehead atoms. The Kier molecular flexibility index (Phi) is 4.01. The summed E-state index contributed by atoms with van der Waals surface area (Å²) in [7, 11) is 0. The minimum atomic E-state index is -0.940. The van der Waals surface area contributed by atoms with Gasteiger partial charge in [0, 0.05) is 5.56 Å². The normalized spacial score (nSPS) is 10.9. The molecule has 1 rings (SSSR count). The van der Waals surface area contributed by atoms with Gasteiger partial charge in [-0.05, 0) is 43.5 Å². The van der Waals surface area contributed by atoms with E-state index in [-0.39, 0.29) is 11.7 Å². The number of hydrogen-bond donors (Lipinski definition) is 0. The Hall–Kier alpha value is -1.69. The first-order chi connectivity index (χ1) is 7.84. The van der Waals surface area contributed by atoms with E-state index in [1.807, 2.05) is 19.9 Å². The molecule has 17 heavy (non-hydrogen) atoms. The van der Waals surface area contributed by atoms with Crippen LogP contribution in [0.25, 0.3) is 0 Å². The van der Waals surface area contributed by atoms with Crippen LogP contribution in [0.2, 0.25) is 0 Å². The predicted molar refractivity (Wildman–Crippen MR) is 67.2 cm³/mol. The Labute approximate surface area is 101 Å². The Bertz CT molecular complexity index is 481. The molecular formula is C14H16FNO. The number of nitrogens with zero attached hydrogens (tertiary/aromatic N) is 1. The van der Waals surface area contributed by atoms with Crippen LogP contribution in [-0.4, -0.2) is 5.54 Å². The van der Waals surface area contributed by atoms with Crippen LogP contribution in [0, 0.1) is 22.6 Å². The Balaban J connectivity index is 3.11. The number of hydrogen-bond acceptors (Lipinski definition) is 2. The van der Waals surface area contributed by atoms with E-state index in [4.69, 9.17) is 0 Å². The van der Waals surface area contributed by atoms with Crippen LogP contribution in [0.1, 0.15) is 44.7 Å². The van der Waals surface area contributed by atoms with Gasteiger partial charge in [-0.2, -0.15) is 0 Å². The minimum Gasteiger partial charge on any atom is -0.207 e. The maximum Gasteiger partial charge on any atom is 0.157 e. The molecule has 0 unspecified atom stereocenters. The number of benzene rings is 1. The quantitative estimate of drug-likeness (QED) is 0.563. The second-order valence-corrected chi connectivity index (χ2v) is 4.83. The molecule has 1 aromatic rings. The predicted octanol–water partition coefficient (Wildman–Crippen LogP) is 3.85. The first kappa shape index (κ1) is 13.4. The van der Waals surface area contributed by atoms with Crippen molar-refractivity contribution in [3.63, 3.8) is 0 Å². The fourth-order valence-electron chi connectivity index (χ4n) is 1.27. The highest BCUT2D eigenvalue weighted by Crippen LogP contribution is 2.17. The number of nitroso groups, excluding NO2 is 1. The van der Waals surface area contributed by atoms with E-state index in [1.165, 1.54) is 12.1 Å². The van der Waals surface area contributed by atoms with Crippen molar-refractivity contribution in [1.82, 2.24) is 0 Å². The zero-order valence-corrected chi connectivity index (χ0v) is 10.5. The van der Waals surface area contributed by atoms with Gasteiger partial charge in [0.2, 0.25) is 0 Å². The Morgan fingerprint density at radius 2 is 1.94 bits per heavy atom. The van der Waals surface area contributed by atoms with E-state index >= 15 is 0 Å². The molecule has 2 nitrogen and oxygen atoms in total. The van der Waals surface area contributed by atoms with Gasteiger partial charge in [-0.3, -0.25) is 0 Å². The van der Waals surface area contributed by atoms with Crippen molar-refractivity contribution in [2.24, 2.45) is 5.18 Å². The average Bonchev–Trinajstić information content (AvgIpc) is 2.26. The van der Waals surface area contributed by atoms with Gasteiger partial charge >= 0.3 is 0 Å². The zero-order valence-electron chi connectivity index (χ0n) is 10.5. The van der Waals surface area contributed by atoms with Crippen LogP contribution in [0.5, 0.6) is 0 Å². The van der Waals surface area contributed by atoms with Gasteiger partial charge in [0.1, 0.15) is 5.82 Å². The molecule has 0 heterocycles. The average molecular weight is 233 g/mol. The maximum atomic E-state index is 13.3. The first-order valence-electron chi connectivity index (χ1n) is 5.52. The van der Waals surface area contributed by atoms with E-state index < -0.39 is 5.54 Å². The van der Waals surface area contributed by atoms with Crippen molar-refractivity contribution in [3.05, 3.63) is 40.1 Å². The Morgan fingerprint density at radius 1 is 1.29 bits per heavy atom. The molecule has 0 radical (unpaired) electrons. The summed E-state index contributed by atoms with van der Waals surface area (Å²) >= 11 is 0. The monoisotopic (exact) mass is 233 g/mol. The lowest BCUT2D eigenvalue weighted by molar-refractivity contribution is 0.622. The summed E-state index contributed by atoms with van der Waals surface area (Å²) in [6.45, 7) is 7.22. The van der Waals surface area contributed by atoms with Gasteiger partial charge in [0.05, 0.1) is 0 Å². The second kappa shape index (κ2) is 5.09. The van der Waals surface area contributed by atoms with E-state index in [2.05, 4.69) is 17.0 Å². The van der Waals surface area contributed by atoms with Crippen molar-refractivity contribution in [2.75, 3.05) is 0 Å². The molecular weight excluding hydrogens is 217 g/mol.